The van der Waals surface area contributed by atoms with Crippen LogP contribution in [-0.4, -0.2) is 34.5 Å². The van der Waals surface area contributed by atoms with Crippen molar-refractivity contribution in [3.05, 3.63) is 83.6 Å². The molecule has 0 fully saturated rings. The summed E-state index contributed by atoms with van der Waals surface area (Å²) in [6.07, 6.45) is 3.44. The van der Waals surface area contributed by atoms with E-state index in [1.165, 1.54) is 0 Å². The minimum absolute atomic E-state index is 0.133. The molecule has 156 valence electrons. The molecule has 0 saturated heterocycles. The molecule has 4 heterocycles. The first kappa shape index (κ1) is 20.4. The van der Waals surface area contributed by atoms with E-state index in [-0.39, 0.29) is 5.41 Å². The van der Waals surface area contributed by atoms with E-state index in [4.69, 9.17) is 16.5 Å². The fraction of sp³-hybridized carbons (Fsp3) is 0.304. The lowest BCUT2D eigenvalue weighted by atomic mass is 9.84. The van der Waals surface area contributed by atoms with Crippen molar-refractivity contribution < 1.29 is 0 Å². The third-order valence-electron chi connectivity index (χ3n) is 5.07. The summed E-state index contributed by atoms with van der Waals surface area (Å²) in [5.74, 6) is 2.47. The minimum atomic E-state index is -0.463. The van der Waals surface area contributed by atoms with E-state index in [0.717, 1.165) is 17.2 Å². The number of rotatable bonds is 4. The van der Waals surface area contributed by atoms with Gasteiger partial charge in [-0.2, -0.15) is 0 Å². The van der Waals surface area contributed by atoms with E-state index >= 15 is 0 Å². The second kappa shape index (κ2) is 7.43. The first-order chi connectivity index (χ1) is 14.7. The highest BCUT2D eigenvalue weighted by atomic mass is 15.4. The number of nitrogens with zero attached hydrogens (tertiary/aromatic N) is 8. The molecule has 4 rings (SSSR count). The maximum atomic E-state index is 7.11. The van der Waals surface area contributed by atoms with Gasteiger partial charge in [0.25, 0.3) is 5.82 Å². The van der Waals surface area contributed by atoms with Gasteiger partial charge in [0.2, 0.25) is 0 Å². The lowest BCUT2D eigenvalue weighted by Crippen LogP contribution is -2.23. The molecular formula is C23H24N8. The summed E-state index contributed by atoms with van der Waals surface area (Å²) in [6, 6.07) is 13.3. The van der Waals surface area contributed by atoms with Crippen LogP contribution in [0.2, 0.25) is 0 Å². The highest BCUT2D eigenvalue weighted by Crippen LogP contribution is 2.30. The van der Waals surface area contributed by atoms with Gasteiger partial charge in [0.05, 0.1) is 11.4 Å². The monoisotopic (exact) mass is 412 g/mol. The highest BCUT2D eigenvalue weighted by Gasteiger charge is 2.28. The molecule has 0 bridgehead atoms. The molecule has 0 spiro atoms. The van der Waals surface area contributed by atoms with Crippen molar-refractivity contribution in [2.24, 2.45) is 0 Å². The van der Waals surface area contributed by atoms with Gasteiger partial charge < -0.3 is 4.85 Å². The molecule has 0 aliphatic carbocycles. The summed E-state index contributed by atoms with van der Waals surface area (Å²) < 4.78 is 3.32. The Balaban J connectivity index is 1.70. The van der Waals surface area contributed by atoms with Crippen LogP contribution in [0.5, 0.6) is 0 Å². The zero-order valence-corrected chi connectivity index (χ0v) is 18.3. The summed E-state index contributed by atoms with van der Waals surface area (Å²) in [5.41, 5.74) is 1.12. The highest BCUT2D eigenvalue weighted by molar-refractivity contribution is 5.38. The zero-order valence-electron chi connectivity index (χ0n) is 18.3. The Hall–Kier alpha value is -3.86. The molecule has 0 radical (unpaired) electrons. The fourth-order valence-corrected chi connectivity index (χ4v) is 3.15. The van der Waals surface area contributed by atoms with Crippen LogP contribution in [-0.2, 0) is 10.8 Å². The molecule has 8 nitrogen and oxygen atoms in total. The van der Waals surface area contributed by atoms with Gasteiger partial charge in [-0.1, -0.05) is 39.5 Å². The smallest absolute Gasteiger partial charge is 0.295 e. The number of hydrogen-bond donors (Lipinski definition) is 0. The Labute approximate surface area is 181 Å². The van der Waals surface area contributed by atoms with Crippen LogP contribution in [0.25, 0.3) is 16.5 Å². The summed E-state index contributed by atoms with van der Waals surface area (Å²) in [4.78, 5) is 17.5. The van der Waals surface area contributed by atoms with E-state index in [0.29, 0.717) is 17.5 Å². The van der Waals surface area contributed by atoms with Crippen LogP contribution in [0.4, 0.5) is 5.82 Å². The SMILES string of the molecule is [C-]#[N+]c1ccn(-c2cccc(C(C)(C)c3cccc(-n4cnc(C(C)(C)C)n4)n3)n2)n1. The van der Waals surface area contributed by atoms with E-state index in [9.17, 15) is 0 Å². The van der Waals surface area contributed by atoms with Crippen LogP contribution in [0, 0.1) is 6.57 Å². The molecule has 4 aromatic rings. The van der Waals surface area contributed by atoms with Gasteiger partial charge in [-0.05, 0) is 49.3 Å². The summed E-state index contributed by atoms with van der Waals surface area (Å²) >= 11 is 0. The number of hydrogen-bond acceptors (Lipinski definition) is 5. The summed E-state index contributed by atoms with van der Waals surface area (Å²) in [6.45, 7) is 17.5. The van der Waals surface area contributed by atoms with E-state index in [1.807, 2.05) is 36.4 Å². The van der Waals surface area contributed by atoms with Gasteiger partial charge in [0.15, 0.2) is 17.5 Å². The molecule has 8 heteroatoms. The van der Waals surface area contributed by atoms with Gasteiger partial charge in [0, 0.05) is 17.0 Å². The molecule has 0 unspecified atom stereocenters. The normalized spacial score (nSPS) is 12.0. The van der Waals surface area contributed by atoms with Crippen LogP contribution >= 0.6 is 0 Å². The lowest BCUT2D eigenvalue weighted by Gasteiger charge is -2.24. The standard InChI is InChI=1S/C23H24N8/c1-22(2,3)21-25-15-31(29-21)20-12-8-10-17(27-20)23(4,5)16-9-7-11-19(26-16)30-14-13-18(24-6)28-30/h7-15H,1-5H3. The Bertz CT molecular complexity index is 1270. The zero-order chi connectivity index (χ0) is 22.2. The molecule has 0 aliphatic heterocycles. The van der Waals surface area contributed by atoms with Gasteiger partial charge in [-0.25, -0.2) is 19.6 Å². The first-order valence-electron chi connectivity index (χ1n) is 9.99. The second-order valence-electron chi connectivity index (χ2n) is 8.88. The molecular weight excluding hydrogens is 388 g/mol. The fourth-order valence-electron chi connectivity index (χ4n) is 3.15. The van der Waals surface area contributed by atoms with Gasteiger partial charge in [0.1, 0.15) is 6.33 Å². The Kier molecular flexibility index (Phi) is 4.90. The molecule has 0 atom stereocenters. The summed E-state index contributed by atoms with van der Waals surface area (Å²) in [7, 11) is 0. The van der Waals surface area contributed by atoms with E-state index < -0.39 is 5.41 Å². The number of aromatic nitrogens is 7. The van der Waals surface area contributed by atoms with Crippen LogP contribution < -0.4 is 0 Å². The van der Waals surface area contributed by atoms with Crippen molar-refractivity contribution >= 4 is 5.82 Å². The van der Waals surface area contributed by atoms with Crippen molar-refractivity contribution in [1.29, 1.82) is 0 Å². The Morgan fingerprint density at radius 2 is 1.42 bits per heavy atom. The molecule has 4 aromatic heterocycles. The van der Waals surface area contributed by atoms with Crippen molar-refractivity contribution in [2.45, 2.75) is 45.4 Å². The average Bonchev–Trinajstić information content (AvgIpc) is 3.44. The van der Waals surface area contributed by atoms with Gasteiger partial charge in [-0.15, -0.1) is 9.78 Å². The molecule has 0 amide bonds. The quantitative estimate of drug-likeness (QED) is 0.464. The lowest BCUT2D eigenvalue weighted by molar-refractivity contribution is 0.542. The van der Waals surface area contributed by atoms with Crippen LogP contribution in [0.3, 0.4) is 0 Å². The van der Waals surface area contributed by atoms with Crippen LogP contribution in [0.15, 0.2) is 55.0 Å². The largest absolute Gasteiger partial charge is 0.359 e. The molecule has 0 aromatic carbocycles. The maximum absolute atomic E-state index is 7.11. The van der Waals surface area contributed by atoms with Crippen LogP contribution in [0.1, 0.15) is 51.8 Å². The van der Waals surface area contributed by atoms with Crippen molar-refractivity contribution in [2.75, 3.05) is 0 Å². The van der Waals surface area contributed by atoms with Crippen molar-refractivity contribution in [3.63, 3.8) is 0 Å². The van der Waals surface area contributed by atoms with Crippen molar-refractivity contribution in [3.8, 4) is 11.6 Å². The number of pyridine rings is 2. The molecule has 31 heavy (non-hydrogen) atoms. The van der Waals surface area contributed by atoms with E-state index in [2.05, 4.69) is 54.6 Å². The first-order valence-corrected chi connectivity index (χ1v) is 9.99. The minimum Gasteiger partial charge on any atom is -0.359 e. The van der Waals surface area contributed by atoms with Gasteiger partial charge in [-0.3, -0.25) is 0 Å². The van der Waals surface area contributed by atoms with Gasteiger partial charge >= 0.3 is 0 Å². The molecule has 0 saturated carbocycles. The predicted octanol–water partition coefficient (Wildman–Crippen LogP) is 4.42. The maximum Gasteiger partial charge on any atom is 0.295 e. The van der Waals surface area contributed by atoms with Crippen molar-refractivity contribution in [1.82, 2.24) is 34.5 Å². The predicted molar refractivity (Wildman–Crippen MR) is 118 cm³/mol. The Morgan fingerprint density at radius 3 is 1.94 bits per heavy atom. The molecule has 0 N–H and O–H groups in total. The summed E-state index contributed by atoms with van der Waals surface area (Å²) in [5, 5.41) is 8.84. The second-order valence-corrected chi connectivity index (χ2v) is 8.88. The van der Waals surface area contributed by atoms with E-state index in [1.54, 1.807) is 28.0 Å². The topological polar surface area (TPSA) is 78.7 Å². The third kappa shape index (κ3) is 3.94. The molecule has 0 aliphatic rings. The third-order valence-corrected chi connectivity index (χ3v) is 5.07. The average molecular weight is 413 g/mol. The Morgan fingerprint density at radius 1 is 0.806 bits per heavy atom.